The van der Waals surface area contributed by atoms with Gasteiger partial charge in [-0.15, -0.1) is 5.43 Å². The number of sulfonamides is 1. The fourth-order valence-corrected chi connectivity index (χ4v) is 3.48. The minimum atomic E-state index is -3.80. The van der Waals surface area contributed by atoms with E-state index in [2.05, 4.69) is 10.5 Å². The SMILES string of the molecule is CCN=[N+](Nc1cc(Cl)ccc1C)c1ccc(S(=O)(=O)N(C)C)cc1C(=O)[O-].[Na+]. The van der Waals surface area contributed by atoms with Crippen molar-refractivity contribution in [1.29, 1.82) is 0 Å². The number of carboxylic acids is 1. The van der Waals surface area contributed by atoms with E-state index in [1.54, 1.807) is 25.1 Å². The van der Waals surface area contributed by atoms with Crippen molar-refractivity contribution in [2.75, 3.05) is 26.1 Å². The van der Waals surface area contributed by atoms with Crippen LogP contribution in [0.1, 0.15) is 22.8 Å². The van der Waals surface area contributed by atoms with Gasteiger partial charge in [-0.1, -0.05) is 17.7 Å². The zero-order valence-electron chi connectivity index (χ0n) is 16.9. The molecule has 0 aromatic heterocycles. The molecule has 0 unspecified atom stereocenters. The second-order valence-electron chi connectivity index (χ2n) is 6.09. The summed E-state index contributed by atoms with van der Waals surface area (Å²) in [5, 5.41) is 16.5. The van der Waals surface area contributed by atoms with E-state index < -0.39 is 16.0 Å². The molecule has 0 fully saturated rings. The Labute approximate surface area is 197 Å². The first-order valence-electron chi connectivity index (χ1n) is 8.36. The summed E-state index contributed by atoms with van der Waals surface area (Å²) in [6, 6.07) is 8.97. The molecule has 0 aliphatic carbocycles. The van der Waals surface area contributed by atoms with Gasteiger partial charge in [-0.25, -0.2) is 12.7 Å². The number of carboxylic acid groups (broad SMARTS) is 1. The zero-order chi connectivity index (χ0) is 21.1. The second-order valence-corrected chi connectivity index (χ2v) is 8.68. The number of hydrogen-bond acceptors (Lipinski definition) is 5. The van der Waals surface area contributed by atoms with E-state index in [-0.39, 0.29) is 45.7 Å². The van der Waals surface area contributed by atoms with Crippen LogP contribution in [0.25, 0.3) is 0 Å². The molecule has 0 atom stereocenters. The Morgan fingerprint density at radius 2 is 1.90 bits per heavy atom. The molecule has 0 amide bonds. The van der Waals surface area contributed by atoms with Crippen LogP contribution in [0.3, 0.4) is 0 Å². The maximum atomic E-state index is 12.3. The quantitative estimate of drug-likeness (QED) is 0.264. The standard InChI is InChI=1S/C18H21ClN4O4S.Na/c1-5-20-23(21-16-10-13(19)7-6-12(16)2)17-9-8-14(11-15(17)18(24)25)28(26,27)22(3)4;/h6-11H,5H2,1-4H3,(H-,20,21,24,25);/q;+1. The van der Waals surface area contributed by atoms with E-state index in [0.29, 0.717) is 17.3 Å². The molecule has 0 radical (unpaired) electrons. The number of carbonyl (C=O) groups excluding carboxylic acids is 1. The number of rotatable bonds is 7. The zero-order valence-corrected chi connectivity index (χ0v) is 20.5. The van der Waals surface area contributed by atoms with Gasteiger partial charge in [-0.2, -0.15) is 0 Å². The average molecular weight is 448 g/mol. The molecule has 1 N–H and O–H groups in total. The Kier molecular flexibility index (Phi) is 9.26. The van der Waals surface area contributed by atoms with E-state index in [9.17, 15) is 18.3 Å². The van der Waals surface area contributed by atoms with E-state index >= 15 is 0 Å². The molecule has 0 spiro atoms. The second kappa shape index (κ2) is 10.5. The van der Waals surface area contributed by atoms with Gasteiger partial charge in [0.15, 0.2) is 0 Å². The number of nitrogens with zero attached hydrogens (tertiary/aromatic N) is 3. The summed E-state index contributed by atoms with van der Waals surface area (Å²) in [6.45, 7) is 3.98. The van der Waals surface area contributed by atoms with Crippen LogP contribution in [0.15, 0.2) is 46.4 Å². The molecule has 0 saturated heterocycles. The van der Waals surface area contributed by atoms with Gasteiger partial charge in [0, 0.05) is 30.0 Å². The number of aromatic carboxylic acids is 1. The number of azo groups is 1. The molecule has 11 heteroatoms. The van der Waals surface area contributed by atoms with Crippen LogP contribution in [-0.4, -0.2) is 44.1 Å². The maximum absolute atomic E-state index is 12.3. The van der Waals surface area contributed by atoms with Crippen LogP contribution in [0.2, 0.25) is 5.02 Å². The first-order chi connectivity index (χ1) is 13.1. The summed E-state index contributed by atoms with van der Waals surface area (Å²) in [5.41, 5.74) is 4.33. The Balaban J connectivity index is 0.00000420. The number of carbonyl (C=O) groups is 1. The Morgan fingerprint density at radius 3 is 2.45 bits per heavy atom. The number of anilines is 1. The van der Waals surface area contributed by atoms with E-state index in [0.717, 1.165) is 15.9 Å². The topological polar surface area (TPSA) is 105 Å². The summed E-state index contributed by atoms with van der Waals surface area (Å²) in [5.74, 6) is -1.52. The van der Waals surface area contributed by atoms with Crippen molar-refractivity contribution < 1.29 is 52.7 Å². The largest absolute Gasteiger partial charge is 1.00 e. The molecule has 0 aliphatic heterocycles. The summed E-state index contributed by atoms with van der Waals surface area (Å²) in [4.78, 5) is 12.8. The number of aryl methyl sites for hydroxylation is 1. The third-order valence-corrected chi connectivity index (χ3v) is 5.95. The summed E-state index contributed by atoms with van der Waals surface area (Å²) < 4.78 is 25.7. The van der Waals surface area contributed by atoms with Gasteiger partial charge in [0.2, 0.25) is 10.0 Å². The smallest absolute Gasteiger partial charge is 0.545 e. The molecule has 2 rings (SSSR count). The minimum Gasteiger partial charge on any atom is -0.545 e. The van der Waals surface area contributed by atoms with Crippen molar-refractivity contribution in [3.63, 3.8) is 0 Å². The molecule has 0 bridgehead atoms. The first kappa shape index (κ1) is 25.5. The van der Waals surface area contributed by atoms with Gasteiger partial charge in [0.25, 0.3) is 5.69 Å². The van der Waals surface area contributed by atoms with Gasteiger partial charge in [0.1, 0.15) is 12.2 Å². The summed E-state index contributed by atoms with van der Waals surface area (Å²) in [6.07, 6.45) is 0. The molecule has 0 saturated carbocycles. The van der Waals surface area contributed by atoms with Crippen molar-refractivity contribution in [3.8, 4) is 0 Å². The molecule has 0 aliphatic rings. The minimum absolute atomic E-state index is 0. The Bertz CT molecular complexity index is 1040. The molecular weight excluding hydrogens is 427 g/mol. The number of hydrogen-bond donors (Lipinski definition) is 1. The van der Waals surface area contributed by atoms with Crippen LogP contribution in [0, 0.1) is 6.92 Å². The predicted molar refractivity (Wildman–Crippen MR) is 104 cm³/mol. The Morgan fingerprint density at radius 1 is 1.24 bits per heavy atom. The number of benzene rings is 2. The van der Waals surface area contributed by atoms with Crippen LogP contribution in [-0.2, 0) is 10.0 Å². The van der Waals surface area contributed by atoms with Crippen molar-refractivity contribution >= 4 is 39.0 Å². The first-order valence-corrected chi connectivity index (χ1v) is 10.2. The predicted octanol–water partition coefficient (Wildman–Crippen LogP) is -0.591. The van der Waals surface area contributed by atoms with Crippen LogP contribution >= 0.6 is 11.6 Å². The molecule has 2 aromatic rings. The number of nitrogens with one attached hydrogen (secondary N) is 1. The van der Waals surface area contributed by atoms with Gasteiger partial charge >= 0.3 is 29.6 Å². The summed E-state index contributed by atoms with van der Waals surface area (Å²) >= 11 is 6.04. The van der Waals surface area contributed by atoms with E-state index in [4.69, 9.17) is 11.6 Å². The van der Waals surface area contributed by atoms with Crippen molar-refractivity contribution in [1.82, 2.24) is 4.31 Å². The van der Waals surface area contributed by atoms with Crippen LogP contribution < -0.4 is 40.1 Å². The van der Waals surface area contributed by atoms with E-state index in [1.807, 2.05) is 6.92 Å². The Hall–Kier alpha value is -1.49. The number of hydrazine groups is 1. The normalized spacial score (nSPS) is 11.9. The molecule has 0 heterocycles. The third-order valence-electron chi connectivity index (χ3n) is 3.90. The van der Waals surface area contributed by atoms with Gasteiger partial charge in [-0.3, -0.25) is 0 Å². The van der Waals surface area contributed by atoms with E-state index in [1.165, 1.54) is 31.0 Å². The fraction of sp³-hybridized carbons (Fsp3) is 0.278. The molecular formula is C18H21ClN4NaO4S+. The summed E-state index contributed by atoms with van der Waals surface area (Å²) in [7, 11) is -1.07. The van der Waals surface area contributed by atoms with Crippen LogP contribution in [0.4, 0.5) is 11.4 Å². The van der Waals surface area contributed by atoms with Crippen LogP contribution in [0.5, 0.6) is 0 Å². The molecule has 29 heavy (non-hydrogen) atoms. The van der Waals surface area contributed by atoms with Crippen molar-refractivity contribution in [3.05, 3.63) is 52.5 Å². The van der Waals surface area contributed by atoms with Gasteiger partial charge in [0.05, 0.1) is 16.4 Å². The van der Waals surface area contributed by atoms with Crippen molar-refractivity contribution in [2.45, 2.75) is 18.7 Å². The van der Waals surface area contributed by atoms with Gasteiger partial charge in [-0.05, 0) is 48.8 Å². The molecule has 8 nitrogen and oxygen atoms in total. The van der Waals surface area contributed by atoms with Crippen molar-refractivity contribution in [2.24, 2.45) is 5.11 Å². The van der Waals surface area contributed by atoms with Gasteiger partial charge < -0.3 is 9.90 Å². The monoisotopic (exact) mass is 447 g/mol. The average Bonchev–Trinajstić information content (AvgIpc) is 2.63. The molecule has 2 aromatic carbocycles. The number of halogens is 1. The molecule has 150 valence electrons. The maximum Gasteiger partial charge on any atom is 1.00 e. The fourth-order valence-electron chi connectivity index (χ4n) is 2.38. The third kappa shape index (κ3) is 6.00.